The fourth-order valence-corrected chi connectivity index (χ4v) is 21.9. The van der Waals surface area contributed by atoms with E-state index in [1.54, 1.807) is 0 Å². The molecule has 0 N–H and O–H groups in total. The van der Waals surface area contributed by atoms with Gasteiger partial charge in [-0.15, -0.1) is 25.0 Å². The van der Waals surface area contributed by atoms with Gasteiger partial charge in [0.15, 0.2) is 0 Å². The molecule has 0 amide bonds. The van der Waals surface area contributed by atoms with Crippen molar-refractivity contribution in [1.29, 1.82) is 0 Å². The van der Waals surface area contributed by atoms with Crippen LogP contribution in [0.3, 0.4) is 0 Å². The van der Waals surface area contributed by atoms with Crippen LogP contribution in [0, 0.1) is 39.0 Å². The van der Waals surface area contributed by atoms with Gasteiger partial charge in [0, 0.05) is 35.9 Å². The first kappa shape index (κ1) is 81.8. The number of aromatic nitrogens is 2. The van der Waals surface area contributed by atoms with Gasteiger partial charge in [0.1, 0.15) is 56.4 Å². The molecule has 0 atom stereocenters. The van der Waals surface area contributed by atoms with Crippen LogP contribution >= 0.6 is 15.8 Å². The van der Waals surface area contributed by atoms with Gasteiger partial charge in [-0.25, -0.2) is 0 Å². The largest absolute Gasteiger partial charge is 2.00 e. The van der Waals surface area contributed by atoms with E-state index in [1.165, 1.54) is 109 Å². The summed E-state index contributed by atoms with van der Waals surface area (Å²) in [6.45, 7) is 5.25. The normalized spacial score (nSPS) is 19.2. The molecule has 10 heterocycles. The summed E-state index contributed by atoms with van der Waals surface area (Å²) < 4.78 is 0. The average Bonchev–Trinajstić information content (AvgIpc) is 1.54. The van der Waals surface area contributed by atoms with Gasteiger partial charge < -0.3 is 41.2 Å². The summed E-state index contributed by atoms with van der Waals surface area (Å²) in [7, 11) is -1.75. The number of pyridine rings is 2. The molecule has 0 spiro atoms. The molecule has 19 rings (SSSR count). The maximum atomic E-state index is 4.90. The minimum Gasteiger partial charge on any atom is -0.439 e. The molecular weight excluding hydrogens is 1600 g/mol. The zero-order chi connectivity index (χ0) is 75.9. The summed E-state index contributed by atoms with van der Waals surface area (Å²) in [5, 5.41) is 27.6. The first-order valence-electron chi connectivity index (χ1n) is 39.9. The van der Waals surface area contributed by atoms with Crippen molar-refractivity contribution in [2.24, 2.45) is 20.0 Å². The Morgan fingerprint density at radius 2 is 0.632 bits per heavy atom. The molecule has 566 valence electrons. The van der Waals surface area contributed by atoms with Crippen LogP contribution in [0.4, 0.5) is 11.6 Å². The van der Waals surface area contributed by atoms with Crippen LogP contribution in [0.1, 0.15) is 111 Å². The number of benzene rings is 9. The van der Waals surface area contributed by atoms with Gasteiger partial charge in [0.05, 0.1) is 39.3 Å². The third-order valence-corrected chi connectivity index (χ3v) is 27.4. The van der Waals surface area contributed by atoms with Crippen LogP contribution in [0.2, 0.25) is 23.3 Å². The Labute approximate surface area is 704 Å². The number of fused-ring (bicyclic) bond motifs is 6. The van der Waals surface area contributed by atoms with Gasteiger partial charge in [-0.05, 0) is 134 Å². The number of hydrogen-bond donors (Lipinski definition) is 0. The number of aliphatic imine (C=N–C) groups is 4. The second-order valence-electron chi connectivity index (χ2n) is 29.5. The second-order valence-corrected chi connectivity index (χ2v) is 34.5. The van der Waals surface area contributed by atoms with Crippen molar-refractivity contribution in [1.82, 2.24) is 9.97 Å². The SMILES string of the molecule is Cc1cccc([N-][C+]2[N-]C(=NC3=N/C(=C\B4C5CCCC4CCC5)[CH-]C=C3)c3ccccc32)n1.Cc1cccc([N-][C+]2[N-]C(=NC3=N/C(=C\B4C5CCCC4CCC5)[CH-]C=C3)c3ccccc32)n1.[Ru+2].[Ru+2].c1ccc([PH+](c2ccccc2)c2ccccc2)cc1.c1ccc([PH+](c2ccccc2)c2ccccc2)cc1.c1ccccc1. The fraction of sp³-hybridized carbons (Fsp3) is 0.184. The monoisotopic (exact) mass is 1700 g/mol. The van der Waals surface area contributed by atoms with E-state index < -0.39 is 15.8 Å². The Kier molecular flexibility index (Phi) is 30.0. The van der Waals surface area contributed by atoms with Crippen molar-refractivity contribution in [2.45, 2.75) is 114 Å². The topological polar surface area (TPSA) is 132 Å². The Bertz CT molecular complexity index is 4570. The van der Waals surface area contributed by atoms with Crippen molar-refractivity contribution in [3.8, 4) is 0 Å². The van der Waals surface area contributed by atoms with E-state index in [4.69, 9.17) is 41.2 Å². The molecule has 0 radical (unpaired) electrons. The van der Waals surface area contributed by atoms with Gasteiger partial charge in [-0.2, -0.15) is 24.1 Å². The van der Waals surface area contributed by atoms with Gasteiger partial charge in [-0.1, -0.05) is 305 Å². The molecule has 4 bridgehead atoms. The van der Waals surface area contributed by atoms with E-state index in [0.717, 1.165) is 68.3 Å². The number of hydrogen-bond acceptors (Lipinski definition) is 6. The minimum atomic E-state index is -0.877. The first-order chi connectivity index (χ1) is 55.3. The van der Waals surface area contributed by atoms with Gasteiger partial charge in [0.25, 0.3) is 0 Å². The molecule has 4 saturated heterocycles. The predicted octanol–water partition coefficient (Wildman–Crippen LogP) is 22.6. The number of rotatable bonds is 12. The average molecular weight is 1700 g/mol. The quantitative estimate of drug-likeness (QED) is 0.0685. The van der Waals surface area contributed by atoms with Crippen LogP contribution in [0.5, 0.6) is 0 Å². The molecule has 10 nitrogen and oxygen atoms in total. The molecule has 0 aliphatic carbocycles. The van der Waals surface area contributed by atoms with Gasteiger partial charge in [0.2, 0.25) is 0 Å². The molecule has 114 heavy (non-hydrogen) atoms. The number of nitrogens with zero attached hydrogens (tertiary/aromatic N) is 10. The molecule has 0 saturated carbocycles. The summed E-state index contributed by atoms with van der Waals surface area (Å²) in [5.74, 6) is 12.2. The second kappa shape index (κ2) is 41.7. The van der Waals surface area contributed by atoms with Gasteiger partial charge >= 0.3 is 39.0 Å². The van der Waals surface area contributed by atoms with E-state index in [0.29, 0.717) is 60.7 Å². The Hall–Kier alpha value is -10.2. The van der Waals surface area contributed by atoms with E-state index in [-0.39, 0.29) is 39.0 Å². The van der Waals surface area contributed by atoms with Gasteiger partial charge in [-0.3, -0.25) is 9.98 Å². The van der Waals surface area contributed by atoms with Crippen LogP contribution in [-0.4, -0.2) is 46.7 Å². The molecule has 8 aliphatic rings. The zero-order valence-electron chi connectivity index (χ0n) is 64.6. The Balaban J connectivity index is 0.000000133. The van der Waals surface area contributed by atoms with Crippen molar-refractivity contribution in [2.75, 3.05) is 0 Å². The van der Waals surface area contributed by atoms with E-state index in [9.17, 15) is 0 Å². The number of aryl methyl sites for hydroxylation is 2. The van der Waals surface area contributed by atoms with Crippen LogP contribution in [0.15, 0.2) is 371 Å². The third-order valence-electron chi connectivity index (χ3n) is 21.9. The van der Waals surface area contributed by atoms with Crippen molar-refractivity contribution in [3.63, 3.8) is 0 Å². The van der Waals surface area contributed by atoms with E-state index in [2.05, 4.69) is 229 Å². The molecule has 0 unspecified atom stereocenters. The summed E-state index contributed by atoms with van der Waals surface area (Å²) in [6.07, 6.45) is 30.1. The van der Waals surface area contributed by atoms with E-state index >= 15 is 0 Å². The van der Waals surface area contributed by atoms with E-state index in [1.807, 2.05) is 147 Å². The summed E-state index contributed by atoms with van der Waals surface area (Å²) in [6, 6.07) is 105. The van der Waals surface area contributed by atoms with Crippen LogP contribution in [0.25, 0.3) is 21.3 Å². The van der Waals surface area contributed by atoms with Crippen LogP contribution < -0.4 is 31.8 Å². The maximum Gasteiger partial charge on any atom is 2.00 e. The van der Waals surface area contributed by atoms with Crippen molar-refractivity contribution in [3.05, 3.63) is 431 Å². The standard InChI is InChI=1S/2C28H28BN5.2C18H15P.C6H6.2Ru/c2*1-19-8-4-16-25(30-19)32-27-23-14-2-3-15-24(23)28(34-27)33-26-17-7-13-22(31-26)18-29-20-9-5-10-21(29)12-6-11-20;2*1-4-10-16(11-5-1)19(17-12-6-2-7-13-17)18-14-8-3-9-15-18;1-2-4-6-5-3-1;;/h2*2-4,7-8,13-18,20-21H,5-6,9-12H2,1H3;2*1-15H;1-6H;;/q2*-2;;;;2*+2/p+2/b2*22-18-;;;;;. The predicted molar refractivity (Wildman–Crippen MR) is 481 cm³/mol. The molecule has 11 aromatic rings. The molecule has 16 heteroatoms. The zero-order valence-corrected chi connectivity index (χ0v) is 70.1. The third kappa shape index (κ3) is 21.8. The number of amidine groups is 4. The first-order valence-corrected chi connectivity index (χ1v) is 42.9. The summed E-state index contributed by atoms with van der Waals surface area (Å²) >= 11 is 0. The smallest absolute Gasteiger partial charge is 0.439 e. The number of dihydropyridines is 2. The minimum absolute atomic E-state index is 0. The fourth-order valence-electron chi connectivity index (χ4n) is 16.7. The molecule has 4 fully saturated rings. The van der Waals surface area contributed by atoms with Crippen molar-refractivity contribution < 1.29 is 39.0 Å². The molecule has 8 aliphatic heterocycles. The van der Waals surface area contributed by atoms with Crippen molar-refractivity contribution >= 4 is 96.1 Å². The van der Waals surface area contributed by atoms with Crippen LogP contribution in [-0.2, 0) is 39.0 Å². The Morgan fingerprint density at radius 3 is 0.921 bits per heavy atom. The number of allylic oxidation sites excluding steroid dienone is 2. The molecule has 9 aromatic carbocycles. The summed E-state index contributed by atoms with van der Waals surface area (Å²) in [5.41, 5.74) is 7.84. The Morgan fingerprint density at radius 1 is 0.360 bits per heavy atom. The molecule has 2 aromatic heterocycles. The summed E-state index contributed by atoms with van der Waals surface area (Å²) in [4.78, 5) is 28.5. The molecular formula is C98H94B2N10P2Ru2+2. The maximum absolute atomic E-state index is 4.90.